The topological polar surface area (TPSA) is 71.5 Å². The van der Waals surface area contributed by atoms with Crippen molar-refractivity contribution in [2.24, 2.45) is 5.92 Å². The highest BCUT2D eigenvalue weighted by molar-refractivity contribution is 7.14. The van der Waals surface area contributed by atoms with Crippen LogP contribution >= 0.6 is 11.3 Å². The van der Waals surface area contributed by atoms with Gasteiger partial charge in [0.25, 0.3) is 0 Å². The predicted molar refractivity (Wildman–Crippen MR) is 93.1 cm³/mol. The fourth-order valence-corrected chi connectivity index (χ4v) is 3.49. The molecule has 1 fully saturated rings. The molecule has 0 unspecified atom stereocenters. The standard InChI is InChI=1S/C17H19N3O3S/c1-3-20-9-11(8-15(20)21)16(22)19-17-18-13(10-24-17)12-6-4-5-7-14(12)23-2/h4-7,10-11H,3,8-9H2,1-2H3,(H,18,19,22)/t11-/m1/s1. The Balaban J connectivity index is 1.70. The summed E-state index contributed by atoms with van der Waals surface area (Å²) < 4.78 is 5.34. The molecule has 24 heavy (non-hydrogen) atoms. The average Bonchev–Trinajstić information content (AvgIpc) is 3.21. The van der Waals surface area contributed by atoms with E-state index < -0.39 is 0 Å². The highest BCUT2D eigenvalue weighted by Crippen LogP contribution is 2.32. The van der Waals surface area contributed by atoms with Crippen molar-refractivity contribution in [1.82, 2.24) is 9.88 Å². The highest BCUT2D eigenvalue weighted by atomic mass is 32.1. The normalized spacial score (nSPS) is 17.2. The van der Waals surface area contributed by atoms with Crippen LogP contribution in [0.4, 0.5) is 5.13 Å². The Morgan fingerprint density at radius 2 is 2.25 bits per heavy atom. The molecule has 1 aliphatic heterocycles. The van der Waals surface area contributed by atoms with Gasteiger partial charge in [-0.05, 0) is 19.1 Å². The summed E-state index contributed by atoms with van der Waals surface area (Å²) in [6.45, 7) is 3.03. The van der Waals surface area contributed by atoms with E-state index in [1.807, 2.05) is 36.6 Å². The van der Waals surface area contributed by atoms with Gasteiger partial charge in [0, 0.05) is 30.5 Å². The van der Waals surface area contributed by atoms with Crippen LogP contribution < -0.4 is 10.1 Å². The van der Waals surface area contributed by atoms with Crippen molar-refractivity contribution in [2.75, 3.05) is 25.5 Å². The molecule has 2 aromatic rings. The fourth-order valence-electron chi connectivity index (χ4n) is 2.77. The van der Waals surface area contributed by atoms with E-state index in [0.29, 0.717) is 18.2 Å². The first kappa shape index (κ1) is 16.4. The molecule has 0 aliphatic carbocycles. The van der Waals surface area contributed by atoms with Crippen LogP contribution in [0, 0.1) is 5.92 Å². The number of carbonyl (C=O) groups excluding carboxylic acids is 2. The number of nitrogens with zero attached hydrogens (tertiary/aromatic N) is 2. The maximum Gasteiger partial charge on any atom is 0.231 e. The van der Waals surface area contributed by atoms with E-state index >= 15 is 0 Å². The Morgan fingerprint density at radius 3 is 2.96 bits per heavy atom. The van der Waals surface area contributed by atoms with Crippen molar-refractivity contribution in [3.63, 3.8) is 0 Å². The lowest BCUT2D eigenvalue weighted by atomic mass is 10.1. The Kier molecular flexibility index (Phi) is 4.80. The van der Waals surface area contributed by atoms with Gasteiger partial charge in [-0.1, -0.05) is 12.1 Å². The van der Waals surface area contributed by atoms with Gasteiger partial charge in [0.1, 0.15) is 5.75 Å². The number of para-hydroxylation sites is 1. The van der Waals surface area contributed by atoms with Gasteiger partial charge >= 0.3 is 0 Å². The molecule has 0 radical (unpaired) electrons. The number of rotatable bonds is 5. The average molecular weight is 345 g/mol. The van der Waals surface area contributed by atoms with Gasteiger partial charge in [0.15, 0.2) is 5.13 Å². The van der Waals surface area contributed by atoms with Crippen LogP contribution in [0.2, 0.25) is 0 Å². The second-order valence-corrected chi connectivity index (χ2v) is 6.42. The maximum atomic E-state index is 12.3. The minimum Gasteiger partial charge on any atom is -0.496 e. The third kappa shape index (κ3) is 3.26. The molecule has 2 heterocycles. The molecule has 0 bridgehead atoms. The zero-order chi connectivity index (χ0) is 17.1. The van der Waals surface area contributed by atoms with Gasteiger partial charge in [-0.15, -0.1) is 11.3 Å². The lowest BCUT2D eigenvalue weighted by Crippen LogP contribution is -2.28. The number of carbonyl (C=O) groups is 2. The van der Waals surface area contributed by atoms with E-state index in [-0.39, 0.29) is 24.2 Å². The zero-order valence-electron chi connectivity index (χ0n) is 13.6. The first-order valence-corrected chi connectivity index (χ1v) is 8.68. The Morgan fingerprint density at radius 1 is 1.46 bits per heavy atom. The number of benzene rings is 1. The summed E-state index contributed by atoms with van der Waals surface area (Å²) in [5.74, 6) is 0.309. The number of amides is 2. The molecule has 6 nitrogen and oxygen atoms in total. The van der Waals surface area contributed by atoms with Gasteiger partial charge in [-0.2, -0.15) is 0 Å². The summed E-state index contributed by atoms with van der Waals surface area (Å²) in [5, 5.41) is 5.24. The van der Waals surface area contributed by atoms with E-state index in [1.165, 1.54) is 11.3 Å². The van der Waals surface area contributed by atoms with Crippen molar-refractivity contribution in [3.05, 3.63) is 29.6 Å². The molecule has 1 N–H and O–H groups in total. The number of ether oxygens (including phenoxy) is 1. The number of aromatic nitrogens is 1. The largest absolute Gasteiger partial charge is 0.496 e. The summed E-state index contributed by atoms with van der Waals surface area (Å²) in [4.78, 5) is 30.3. The molecular formula is C17H19N3O3S. The number of likely N-dealkylation sites (tertiary alicyclic amines) is 1. The summed E-state index contributed by atoms with van der Waals surface area (Å²) in [7, 11) is 1.62. The van der Waals surface area contributed by atoms with E-state index in [0.717, 1.165) is 17.0 Å². The molecule has 1 aromatic carbocycles. The monoisotopic (exact) mass is 345 g/mol. The molecule has 7 heteroatoms. The van der Waals surface area contributed by atoms with Crippen molar-refractivity contribution in [1.29, 1.82) is 0 Å². The molecule has 0 saturated carbocycles. The molecule has 3 rings (SSSR count). The van der Waals surface area contributed by atoms with Crippen LogP contribution in [0.5, 0.6) is 5.75 Å². The summed E-state index contributed by atoms with van der Waals surface area (Å²) in [6.07, 6.45) is 0.268. The zero-order valence-corrected chi connectivity index (χ0v) is 14.4. The molecule has 0 spiro atoms. The first-order valence-electron chi connectivity index (χ1n) is 7.80. The second-order valence-electron chi connectivity index (χ2n) is 5.56. The van der Waals surface area contributed by atoms with Crippen molar-refractivity contribution in [2.45, 2.75) is 13.3 Å². The van der Waals surface area contributed by atoms with Crippen LogP contribution in [-0.4, -0.2) is 41.9 Å². The number of thiazole rings is 1. The molecule has 1 atom stereocenters. The smallest absolute Gasteiger partial charge is 0.231 e. The van der Waals surface area contributed by atoms with Gasteiger partial charge in [0.2, 0.25) is 11.8 Å². The van der Waals surface area contributed by atoms with Crippen molar-refractivity contribution >= 4 is 28.3 Å². The Bertz CT molecular complexity index is 759. The van der Waals surface area contributed by atoms with Gasteiger partial charge in [0.05, 0.1) is 18.7 Å². The van der Waals surface area contributed by atoms with Gasteiger partial charge < -0.3 is 15.0 Å². The van der Waals surface area contributed by atoms with Crippen LogP contribution in [0.1, 0.15) is 13.3 Å². The molecule has 126 valence electrons. The maximum absolute atomic E-state index is 12.3. The third-order valence-electron chi connectivity index (χ3n) is 4.08. The minimum absolute atomic E-state index is 0.0338. The summed E-state index contributed by atoms with van der Waals surface area (Å²) in [5.41, 5.74) is 1.63. The highest BCUT2D eigenvalue weighted by Gasteiger charge is 2.33. The van der Waals surface area contributed by atoms with E-state index in [4.69, 9.17) is 4.74 Å². The van der Waals surface area contributed by atoms with Crippen LogP contribution in [0.3, 0.4) is 0 Å². The van der Waals surface area contributed by atoms with Crippen LogP contribution in [-0.2, 0) is 9.59 Å². The van der Waals surface area contributed by atoms with E-state index in [1.54, 1.807) is 12.0 Å². The van der Waals surface area contributed by atoms with Gasteiger partial charge in [-0.25, -0.2) is 4.98 Å². The number of hydrogen-bond acceptors (Lipinski definition) is 5. The second kappa shape index (κ2) is 7.00. The minimum atomic E-state index is -0.309. The summed E-state index contributed by atoms with van der Waals surface area (Å²) >= 11 is 1.36. The quantitative estimate of drug-likeness (QED) is 0.904. The third-order valence-corrected chi connectivity index (χ3v) is 4.84. The lowest BCUT2D eigenvalue weighted by molar-refractivity contribution is -0.128. The number of anilines is 1. The van der Waals surface area contributed by atoms with Crippen molar-refractivity contribution in [3.8, 4) is 17.0 Å². The van der Waals surface area contributed by atoms with Crippen LogP contribution in [0.25, 0.3) is 11.3 Å². The molecular weight excluding hydrogens is 326 g/mol. The predicted octanol–water partition coefficient (Wildman–Crippen LogP) is 2.63. The molecule has 1 aliphatic rings. The van der Waals surface area contributed by atoms with E-state index in [2.05, 4.69) is 10.3 Å². The Hall–Kier alpha value is -2.41. The first-order chi connectivity index (χ1) is 11.6. The van der Waals surface area contributed by atoms with E-state index in [9.17, 15) is 9.59 Å². The number of methoxy groups -OCH3 is 1. The number of hydrogen-bond donors (Lipinski definition) is 1. The van der Waals surface area contributed by atoms with Crippen molar-refractivity contribution < 1.29 is 14.3 Å². The fraction of sp³-hybridized carbons (Fsp3) is 0.353. The molecule has 1 aromatic heterocycles. The van der Waals surface area contributed by atoms with Crippen LogP contribution in [0.15, 0.2) is 29.6 Å². The lowest BCUT2D eigenvalue weighted by Gasteiger charge is -2.12. The number of nitrogens with one attached hydrogen (secondary N) is 1. The van der Waals surface area contributed by atoms with Gasteiger partial charge in [-0.3, -0.25) is 9.59 Å². The SMILES string of the molecule is CCN1C[C@H](C(=O)Nc2nc(-c3ccccc3OC)cs2)CC1=O. The molecule has 1 saturated heterocycles. The Labute approximate surface area is 144 Å². The molecule has 2 amide bonds. The summed E-state index contributed by atoms with van der Waals surface area (Å²) in [6, 6.07) is 7.61.